The van der Waals surface area contributed by atoms with Crippen molar-refractivity contribution < 1.29 is 23.9 Å². The maximum Gasteiger partial charge on any atom is 0.326 e. The Morgan fingerprint density at radius 1 is 1.36 bits per heavy atom. The summed E-state index contributed by atoms with van der Waals surface area (Å²) in [6.07, 6.45) is -0.128. The molecule has 1 aromatic rings. The molecule has 0 aliphatic carbocycles. The van der Waals surface area contributed by atoms with Gasteiger partial charge in [0.1, 0.15) is 11.9 Å². The Morgan fingerprint density at radius 3 is 2.55 bits per heavy atom. The van der Waals surface area contributed by atoms with Crippen LogP contribution in [0.1, 0.15) is 12.5 Å². The lowest BCUT2D eigenvalue weighted by molar-refractivity contribution is -0.146. The lowest BCUT2D eigenvalue weighted by Crippen LogP contribution is -2.57. The van der Waals surface area contributed by atoms with Crippen LogP contribution in [0.5, 0.6) is 0 Å². The molecule has 0 spiro atoms. The average Bonchev–Trinajstić information content (AvgIpc) is 2.38. The summed E-state index contributed by atoms with van der Waals surface area (Å²) in [5.41, 5.74) is 0.231. The first-order chi connectivity index (χ1) is 10.4. The number of rotatable bonds is 5. The van der Waals surface area contributed by atoms with E-state index in [4.69, 9.17) is 0 Å². The normalized spacial score (nSPS) is 15.8. The van der Waals surface area contributed by atoms with Gasteiger partial charge in [0.05, 0.1) is 5.92 Å². The van der Waals surface area contributed by atoms with E-state index >= 15 is 0 Å². The van der Waals surface area contributed by atoms with Gasteiger partial charge in [0, 0.05) is 26.4 Å². The van der Waals surface area contributed by atoms with Crippen molar-refractivity contribution in [3.8, 4) is 0 Å². The topological polar surface area (TPSA) is 86.7 Å². The highest BCUT2D eigenvalue weighted by Crippen LogP contribution is 2.16. The number of nitrogens with one attached hydrogen (secondary N) is 1. The van der Waals surface area contributed by atoms with Crippen LogP contribution in [0.15, 0.2) is 24.3 Å². The number of amides is 2. The molecule has 2 rings (SSSR count). The van der Waals surface area contributed by atoms with Crippen molar-refractivity contribution in [1.29, 1.82) is 0 Å². The summed E-state index contributed by atoms with van der Waals surface area (Å²) in [7, 11) is 0. The van der Waals surface area contributed by atoms with Gasteiger partial charge < -0.3 is 15.3 Å². The molecule has 1 aromatic carbocycles. The van der Waals surface area contributed by atoms with E-state index in [0.717, 1.165) is 0 Å². The van der Waals surface area contributed by atoms with E-state index in [1.165, 1.54) is 30.0 Å². The van der Waals surface area contributed by atoms with Gasteiger partial charge >= 0.3 is 5.97 Å². The first-order valence-electron chi connectivity index (χ1n) is 6.90. The van der Waals surface area contributed by atoms with Gasteiger partial charge in [0.25, 0.3) is 0 Å². The quantitative estimate of drug-likeness (QED) is 0.825. The van der Waals surface area contributed by atoms with Crippen LogP contribution >= 0.6 is 0 Å². The zero-order valence-corrected chi connectivity index (χ0v) is 12.1. The van der Waals surface area contributed by atoms with Crippen molar-refractivity contribution in [3.05, 3.63) is 35.6 Å². The number of carbonyl (C=O) groups is 3. The van der Waals surface area contributed by atoms with Crippen LogP contribution in [0.2, 0.25) is 0 Å². The van der Waals surface area contributed by atoms with Crippen LogP contribution in [0.25, 0.3) is 0 Å². The molecular weight excluding hydrogens is 291 g/mol. The largest absolute Gasteiger partial charge is 0.480 e. The molecule has 118 valence electrons. The van der Waals surface area contributed by atoms with E-state index in [9.17, 15) is 23.9 Å². The van der Waals surface area contributed by atoms with Gasteiger partial charge in [-0.05, 0) is 11.6 Å². The van der Waals surface area contributed by atoms with Gasteiger partial charge in [0.15, 0.2) is 0 Å². The molecule has 0 unspecified atom stereocenters. The summed E-state index contributed by atoms with van der Waals surface area (Å²) >= 11 is 0. The number of hydrogen-bond donors (Lipinski definition) is 2. The van der Waals surface area contributed by atoms with Crippen LogP contribution < -0.4 is 5.32 Å². The minimum absolute atomic E-state index is 0.120. The Bertz CT molecular complexity index is 599. The van der Waals surface area contributed by atoms with Crippen molar-refractivity contribution in [2.45, 2.75) is 19.4 Å². The fourth-order valence-electron chi connectivity index (χ4n) is 2.28. The van der Waals surface area contributed by atoms with Gasteiger partial charge in [-0.2, -0.15) is 0 Å². The Hall–Kier alpha value is -2.44. The number of carbonyl (C=O) groups excluding carboxylic acids is 2. The molecule has 1 aliphatic heterocycles. The van der Waals surface area contributed by atoms with E-state index in [1.54, 1.807) is 6.07 Å². The molecule has 0 saturated carbocycles. The third-order valence-corrected chi connectivity index (χ3v) is 3.69. The van der Waals surface area contributed by atoms with E-state index in [2.05, 4.69) is 5.32 Å². The smallest absolute Gasteiger partial charge is 0.326 e. The van der Waals surface area contributed by atoms with Crippen molar-refractivity contribution >= 4 is 17.8 Å². The molecule has 1 atom stereocenters. The lowest BCUT2D eigenvalue weighted by atomic mass is 9.97. The lowest BCUT2D eigenvalue weighted by Gasteiger charge is -2.37. The maximum absolute atomic E-state index is 13.6. The number of benzene rings is 1. The zero-order valence-electron chi connectivity index (χ0n) is 12.1. The van der Waals surface area contributed by atoms with Crippen molar-refractivity contribution in [3.63, 3.8) is 0 Å². The number of nitrogens with zero attached hydrogens (tertiary/aromatic N) is 1. The summed E-state index contributed by atoms with van der Waals surface area (Å²) in [4.78, 5) is 35.8. The summed E-state index contributed by atoms with van der Waals surface area (Å²) in [5, 5.41) is 11.6. The molecule has 6 nitrogen and oxygen atoms in total. The van der Waals surface area contributed by atoms with E-state index in [1.807, 2.05) is 0 Å². The molecule has 0 radical (unpaired) electrons. The molecule has 1 aliphatic rings. The third-order valence-electron chi connectivity index (χ3n) is 3.69. The molecular formula is C15H17FN2O4. The Balaban J connectivity index is 1.95. The van der Waals surface area contributed by atoms with Gasteiger partial charge in [-0.25, -0.2) is 9.18 Å². The predicted molar refractivity (Wildman–Crippen MR) is 75.4 cm³/mol. The minimum Gasteiger partial charge on any atom is -0.480 e. The molecule has 7 heteroatoms. The van der Waals surface area contributed by atoms with Gasteiger partial charge in [-0.15, -0.1) is 0 Å². The summed E-state index contributed by atoms with van der Waals surface area (Å²) < 4.78 is 13.6. The molecule has 1 heterocycles. The highest BCUT2D eigenvalue weighted by molar-refractivity contribution is 5.87. The van der Waals surface area contributed by atoms with E-state index in [0.29, 0.717) is 0 Å². The van der Waals surface area contributed by atoms with Crippen LogP contribution in [-0.2, 0) is 20.8 Å². The first kappa shape index (κ1) is 15.9. The standard InChI is InChI=1S/C15H17FN2O4/c1-9(19)18-7-11(8-18)14(20)17-13(15(21)22)6-10-4-2-3-5-12(10)16/h2-5,11,13H,6-8H2,1H3,(H,17,20)(H,21,22)/t13-/m1/s1. The number of halogens is 1. The van der Waals surface area contributed by atoms with Crippen molar-refractivity contribution in [2.24, 2.45) is 5.92 Å². The van der Waals surface area contributed by atoms with Gasteiger partial charge in [0.2, 0.25) is 11.8 Å². The number of hydrogen-bond acceptors (Lipinski definition) is 3. The number of aliphatic carboxylic acids is 1. The Kier molecular flexibility index (Phi) is 4.75. The summed E-state index contributed by atoms with van der Waals surface area (Å²) in [5.74, 6) is -2.69. The van der Waals surface area contributed by atoms with Gasteiger partial charge in [-0.3, -0.25) is 9.59 Å². The SMILES string of the molecule is CC(=O)N1CC(C(=O)N[C@H](Cc2ccccc2F)C(=O)O)C1. The van der Waals surface area contributed by atoms with Crippen LogP contribution in [-0.4, -0.2) is 46.9 Å². The summed E-state index contributed by atoms with van der Waals surface area (Å²) in [6, 6.07) is 4.65. The number of likely N-dealkylation sites (tertiary alicyclic amines) is 1. The minimum atomic E-state index is -1.22. The molecule has 1 fully saturated rings. The maximum atomic E-state index is 13.6. The van der Waals surface area contributed by atoms with Crippen LogP contribution in [0.4, 0.5) is 4.39 Å². The third kappa shape index (κ3) is 3.60. The second-order valence-electron chi connectivity index (χ2n) is 5.32. The molecule has 0 aromatic heterocycles. The van der Waals surface area contributed by atoms with E-state index < -0.39 is 29.7 Å². The number of carboxylic acids is 1. The molecule has 2 N–H and O–H groups in total. The van der Waals surface area contributed by atoms with Crippen LogP contribution in [0, 0.1) is 11.7 Å². The zero-order chi connectivity index (χ0) is 16.3. The first-order valence-corrected chi connectivity index (χ1v) is 6.90. The molecule has 22 heavy (non-hydrogen) atoms. The van der Waals surface area contributed by atoms with Gasteiger partial charge in [-0.1, -0.05) is 18.2 Å². The highest BCUT2D eigenvalue weighted by Gasteiger charge is 2.35. The number of carboxylic acid groups (broad SMARTS) is 1. The fraction of sp³-hybridized carbons (Fsp3) is 0.400. The van der Waals surface area contributed by atoms with E-state index in [-0.39, 0.29) is 31.0 Å². The van der Waals surface area contributed by atoms with Crippen molar-refractivity contribution in [2.75, 3.05) is 13.1 Å². The predicted octanol–water partition coefficient (Wildman–Crippen LogP) is 0.416. The monoisotopic (exact) mass is 308 g/mol. The second-order valence-corrected chi connectivity index (χ2v) is 5.32. The summed E-state index contributed by atoms with van der Waals surface area (Å²) in [6.45, 7) is 1.98. The Morgan fingerprint density at radius 2 is 2.00 bits per heavy atom. The molecule has 2 amide bonds. The second kappa shape index (κ2) is 6.55. The van der Waals surface area contributed by atoms with Crippen molar-refractivity contribution in [1.82, 2.24) is 10.2 Å². The Labute approximate surface area is 126 Å². The van der Waals surface area contributed by atoms with Crippen LogP contribution in [0.3, 0.4) is 0 Å². The highest BCUT2D eigenvalue weighted by atomic mass is 19.1. The molecule has 1 saturated heterocycles. The molecule has 0 bridgehead atoms. The average molecular weight is 308 g/mol. The fourth-order valence-corrected chi connectivity index (χ4v) is 2.28.